The fraction of sp³-hybridized carbons (Fsp3) is 0.417. The molecule has 1 amide bonds. The van der Waals surface area contributed by atoms with Crippen molar-refractivity contribution in [2.75, 3.05) is 6.54 Å². The Bertz CT molecular complexity index is 438. The van der Waals surface area contributed by atoms with Crippen LogP contribution in [0.4, 0.5) is 8.78 Å². The van der Waals surface area contributed by atoms with E-state index < -0.39 is 17.4 Å². The smallest absolute Gasteiger partial charge is 0.234 e. The number of hydrogen-bond donors (Lipinski definition) is 3. The molecule has 1 fully saturated rings. The third-order valence-corrected chi connectivity index (χ3v) is 2.63. The molecule has 4 nitrogen and oxygen atoms in total. The Hall–Kier alpha value is -1.69. The molecule has 0 spiro atoms. The van der Waals surface area contributed by atoms with Crippen molar-refractivity contribution >= 4 is 5.91 Å². The van der Waals surface area contributed by atoms with E-state index in [0.717, 1.165) is 25.0 Å². The first-order valence-corrected chi connectivity index (χ1v) is 5.73. The van der Waals surface area contributed by atoms with Gasteiger partial charge in [-0.3, -0.25) is 4.79 Å². The Balaban J connectivity index is 1.80. The maximum atomic E-state index is 13.0. The number of hydrogen-bond acceptors (Lipinski definition) is 3. The van der Waals surface area contributed by atoms with Gasteiger partial charge in [0.2, 0.25) is 5.91 Å². The van der Waals surface area contributed by atoms with Crippen LogP contribution in [0.3, 0.4) is 0 Å². The summed E-state index contributed by atoms with van der Waals surface area (Å²) in [5.41, 5.74) is 0.335. The molecule has 6 heteroatoms. The number of nitrogens with one attached hydrogen (secondary N) is 2. The first kappa shape index (κ1) is 12.8. The number of aromatic hydroxyl groups is 1. The highest BCUT2D eigenvalue weighted by Gasteiger charge is 2.22. The van der Waals surface area contributed by atoms with Crippen LogP contribution in [0, 0.1) is 11.6 Å². The Morgan fingerprint density at radius 3 is 2.50 bits per heavy atom. The minimum Gasteiger partial charge on any atom is -0.503 e. The van der Waals surface area contributed by atoms with Gasteiger partial charge in [0, 0.05) is 12.6 Å². The zero-order valence-corrected chi connectivity index (χ0v) is 9.67. The van der Waals surface area contributed by atoms with E-state index in [-0.39, 0.29) is 19.0 Å². The van der Waals surface area contributed by atoms with E-state index in [9.17, 15) is 13.6 Å². The Morgan fingerprint density at radius 1 is 1.33 bits per heavy atom. The van der Waals surface area contributed by atoms with Gasteiger partial charge in [0.15, 0.2) is 17.4 Å². The number of benzene rings is 1. The van der Waals surface area contributed by atoms with Gasteiger partial charge in [0.1, 0.15) is 0 Å². The average Bonchev–Trinajstić information content (AvgIpc) is 3.09. The van der Waals surface area contributed by atoms with Crippen molar-refractivity contribution < 1.29 is 18.7 Å². The van der Waals surface area contributed by atoms with E-state index in [1.54, 1.807) is 0 Å². The SMILES string of the molecule is O=C(CNCc1cc(F)c(O)c(F)c1)NC1CC1. The first-order chi connectivity index (χ1) is 8.56. The van der Waals surface area contributed by atoms with Crippen LogP contribution in [0.5, 0.6) is 5.75 Å². The molecule has 1 aliphatic carbocycles. The van der Waals surface area contributed by atoms with Crippen LogP contribution in [0.1, 0.15) is 18.4 Å². The third-order valence-electron chi connectivity index (χ3n) is 2.63. The largest absolute Gasteiger partial charge is 0.503 e. The normalized spacial score (nSPS) is 14.6. The lowest BCUT2D eigenvalue weighted by molar-refractivity contribution is -0.120. The van der Waals surface area contributed by atoms with Gasteiger partial charge in [0.25, 0.3) is 0 Å². The number of halogens is 2. The van der Waals surface area contributed by atoms with Gasteiger partial charge < -0.3 is 15.7 Å². The van der Waals surface area contributed by atoms with Crippen molar-refractivity contribution in [1.82, 2.24) is 10.6 Å². The van der Waals surface area contributed by atoms with Gasteiger partial charge in [-0.2, -0.15) is 0 Å². The number of rotatable bonds is 5. The molecule has 0 atom stereocenters. The summed E-state index contributed by atoms with van der Waals surface area (Å²) in [5.74, 6) is -3.12. The summed E-state index contributed by atoms with van der Waals surface area (Å²) in [5, 5.41) is 14.5. The van der Waals surface area contributed by atoms with Crippen LogP contribution in [0.2, 0.25) is 0 Å². The molecule has 98 valence electrons. The minimum absolute atomic E-state index is 0.0978. The number of phenolic OH excluding ortho intramolecular Hbond substituents is 1. The molecule has 2 rings (SSSR count). The summed E-state index contributed by atoms with van der Waals surface area (Å²) in [4.78, 5) is 11.3. The average molecular weight is 256 g/mol. The Labute approximate surface area is 103 Å². The van der Waals surface area contributed by atoms with Gasteiger partial charge in [-0.15, -0.1) is 0 Å². The highest BCUT2D eigenvalue weighted by Crippen LogP contribution is 2.21. The lowest BCUT2D eigenvalue weighted by Gasteiger charge is -2.07. The lowest BCUT2D eigenvalue weighted by Crippen LogP contribution is -2.34. The minimum atomic E-state index is -1.01. The summed E-state index contributed by atoms with van der Waals surface area (Å²) in [6.45, 7) is 0.257. The van der Waals surface area contributed by atoms with Crippen molar-refractivity contribution in [3.05, 3.63) is 29.3 Å². The standard InChI is InChI=1S/C12H14F2N2O2/c13-9-3-7(4-10(14)12(9)18)5-15-6-11(17)16-8-1-2-8/h3-4,8,15,18H,1-2,5-6H2,(H,16,17). The second-order valence-electron chi connectivity index (χ2n) is 4.35. The maximum absolute atomic E-state index is 13.0. The third kappa shape index (κ3) is 3.40. The summed E-state index contributed by atoms with van der Waals surface area (Å²) in [6.07, 6.45) is 2.03. The van der Waals surface area contributed by atoms with E-state index in [0.29, 0.717) is 11.6 Å². The molecular weight excluding hydrogens is 242 g/mol. The lowest BCUT2D eigenvalue weighted by atomic mass is 10.2. The van der Waals surface area contributed by atoms with Crippen LogP contribution >= 0.6 is 0 Å². The molecule has 0 aliphatic heterocycles. The zero-order chi connectivity index (χ0) is 13.1. The molecule has 0 unspecified atom stereocenters. The highest BCUT2D eigenvalue weighted by atomic mass is 19.1. The topological polar surface area (TPSA) is 61.4 Å². The van der Waals surface area contributed by atoms with Crippen molar-refractivity contribution in [2.45, 2.75) is 25.4 Å². The van der Waals surface area contributed by atoms with Gasteiger partial charge in [-0.1, -0.05) is 0 Å². The second-order valence-corrected chi connectivity index (χ2v) is 4.35. The van der Waals surface area contributed by atoms with Crippen LogP contribution in [-0.4, -0.2) is 23.6 Å². The van der Waals surface area contributed by atoms with Crippen molar-refractivity contribution in [2.24, 2.45) is 0 Å². The number of carbonyl (C=O) groups is 1. The zero-order valence-electron chi connectivity index (χ0n) is 9.67. The molecular formula is C12H14F2N2O2. The van der Waals surface area contributed by atoms with Crippen LogP contribution in [0.15, 0.2) is 12.1 Å². The van der Waals surface area contributed by atoms with Crippen molar-refractivity contribution in [1.29, 1.82) is 0 Å². The number of phenols is 1. The molecule has 0 aromatic heterocycles. The molecule has 0 radical (unpaired) electrons. The van der Waals surface area contributed by atoms with E-state index in [2.05, 4.69) is 10.6 Å². The summed E-state index contributed by atoms with van der Waals surface area (Å²) < 4.78 is 26.0. The monoisotopic (exact) mass is 256 g/mol. The van der Waals surface area contributed by atoms with Crippen LogP contribution in [0.25, 0.3) is 0 Å². The molecule has 1 aromatic rings. The predicted octanol–water partition coefficient (Wildman–Crippen LogP) is 1.04. The van der Waals surface area contributed by atoms with Gasteiger partial charge in [-0.05, 0) is 30.5 Å². The summed E-state index contributed by atoms with van der Waals surface area (Å²) >= 11 is 0. The van der Waals surface area contributed by atoms with Crippen LogP contribution in [-0.2, 0) is 11.3 Å². The molecule has 18 heavy (non-hydrogen) atoms. The Morgan fingerprint density at radius 2 is 1.94 bits per heavy atom. The maximum Gasteiger partial charge on any atom is 0.234 e. The molecule has 1 aliphatic rings. The first-order valence-electron chi connectivity index (χ1n) is 5.73. The summed E-state index contributed by atoms with van der Waals surface area (Å²) in [7, 11) is 0. The van der Waals surface area contributed by atoms with Gasteiger partial charge in [0.05, 0.1) is 6.54 Å². The predicted molar refractivity (Wildman–Crippen MR) is 60.9 cm³/mol. The molecule has 0 heterocycles. The van der Waals surface area contributed by atoms with Gasteiger partial charge in [-0.25, -0.2) is 8.78 Å². The molecule has 0 bridgehead atoms. The van der Waals surface area contributed by atoms with Crippen molar-refractivity contribution in [3.63, 3.8) is 0 Å². The molecule has 1 aromatic carbocycles. The van der Waals surface area contributed by atoms with E-state index in [4.69, 9.17) is 5.11 Å². The fourth-order valence-corrected chi connectivity index (χ4v) is 1.55. The molecule has 1 saturated carbocycles. The summed E-state index contributed by atoms with van der Waals surface area (Å²) in [6, 6.07) is 2.36. The van der Waals surface area contributed by atoms with E-state index in [1.165, 1.54) is 0 Å². The second kappa shape index (κ2) is 5.30. The number of carbonyl (C=O) groups excluding carboxylic acids is 1. The fourth-order valence-electron chi connectivity index (χ4n) is 1.55. The van der Waals surface area contributed by atoms with Crippen LogP contribution < -0.4 is 10.6 Å². The van der Waals surface area contributed by atoms with Crippen molar-refractivity contribution in [3.8, 4) is 5.75 Å². The Kier molecular flexibility index (Phi) is 3.76. The molecule has 3 N–H and O–H groups in total. The number of amides is 1. The van der Waals surface area contributed by atoms with Gasteiger partial charge >= 0.3 is 0 Å². The van der Waals surface area contributed by atoms with E-state index >= 15 is 0 Å². The highest BCUT2D eigenvalue weighted by molar-refractivity contribution is 5.78. The van der Waals surface area contributed by atoms with E-state index in [1.807, 2.05) is 0 Å². The molecule has 0 saturated heterocycles. The quantitative estimate of drug-likeness (QED) is 0.737.